The number of aliphatic hydroxyl groups is 1. The lowest BCUT2D eigenvalue weighted by molar-refractivity contribution is 0.161. The standard InChI is InChI=1S/C13H16OS/c1-2-12(14)8-5-3-4-6-9-13-10-7-11-15-13/h3-4,7,10-12,14H,2,5,8H2,1H3/t12-/m0/s1. The SMILES string of the molecule is CC[C@H](O)CCC=CC#Cc1cccs1. The molecule has 0 bridgehead atoms. The minimum atomic E-state index is -0.167. The summed E-state index contributed by atoms with van der Waals surface area (Å²) in [5.41, 5.74) is 0. The van der Waals surface area contributed by atoms with Crippen molar-refractivity contribution in [3.63, 3.8) is 0 Å². The molecule has 0 fully saturated rings. The van der Waals surface area contributed by atoms with E-state index < -0.39 is 0 Å². The van der Waals surface area contributed by atoms with E-state index in [0.717, 1.165) is 24.1 Å². The molecule has 0 spiro atoms. The van der Waals surface area contributed by atoms with Crippen molar-refractivity contribution < 1.29 is 5.11 Å². The van der Waals surface area contributed by atoms with Gasteiger partial charge in [0.05, 0.1) is 11.0 Å². The van der Waals surface area contributed by atoms with Crippen molar-refractivity contribution in [1.29, 1.82) is 0 Å². The van der Waals surface area contributed by atoms with Crippen molar-refractivity contribution in [3.8, 4) is 11.8 Å². The van der Waals surface area contributed by atoms with Gasteiger partial charge in [0.25, 0.3) is 0 Å². The maximum absolute atomic E-state index is 9.30. The number of thiophene rings is 1. The first kappa shape index (κ1) is 12.0. The molecule has 0 radical (unpaired) electrons. The van der Waals surface area contributed by atoms with E-state index in [-0.39, 0.29) is 6.10 Å². The summed E-state index contributed by atoms with van der Waals surface area (Å²) >= 11 is 1.65. The lowest BCUT2D eigenvalue weighted by Gasteiger charge is -2.02. The predicted molar refractivity (Wildman–Crippen MR) is 65.9 cm³/mol. The molecule has 1 N–H and O–H groups in total. The van der Waals surface area contributed by atoms with Gasteiger partial charge in [0, 0.05) is 0 Å². The monoisotopic (exact) mass is 220 g/mol. The molecule has 1 heterocycles. The quantitative estimate of drug-likeness (QED) is 0.773. The minimum Gasteiger partial charge on any atom is -0.393 e. The van der Waals surface area contributed by atoms with E-state index >= 15 is 0 Å². The van der Waals surface area contributed by atoms with E-state index in [2.05, 4.69) is 11.8 Å². The topological polar surface area (TPSA) is 20.2 Å². The Morgan fingerprint density at radius 1 is 1.60 bits per heavy atom. The first-order valence-corrected chi connectivity index (χ1v) is 6.09. The van der Waals surface area contributed by atoms with Gasteiger partial charge in [-0.3, -0.25) is 0 Å². The summed E-state index contributed by atoms with van der Waals surface area (Å²) in [6.07, 6.45) is 6.26. The van der Waals surface area contributed by atoms with Crippen LogP contribution in [0.1, 0.15) is 31.1 Å². The van der Waals surface area contributed by atoms with Gasteiger partial charge >= 0.3 is 0 Å². The summed E-state index contributed by atoms with van der Waals surface area (Å²) in [5.74, 6) is 6.02. The van der Waals surface area contributed by atoms with Gasteiger partial charge in [0.2, 0.25) is 0 Å². The van der Waals surface area contributed by atoms with Gasteiger partial charge in [0.15, 0.2) is 0 Å². The Balaban J connectivity index is 2.22. The number of hydrogen-bond donors (Lipinski definition) is 1. The Morgan fingerprint density at radius 3 is 3.13 bits per heavy atom. The molecule has 15 heavy (non-hydrogen) atoms. The molecule has 0 aliphatic rings. The van der Waals surface area contributed by atoms with E-state index in [1.54, 1.807) is 11.3 Å². The fraction of sp³-hybridized carbons (Fsp3) is 0.385. The van der Waals surface area contributed by atoms with Crippen molar-refractivity contribution >= 4 is 11.3 Å². The lowest BCUT2D eigenvalue weighted by atomic mass is 10.1. The van der Waals surface area contributed by atoms with Crippen molar-refractivity contribution in [2.45, 2.75) is 32.3 Å². The van der Waals surface area contributed by atoms with Crippen molar-refractivity contribution in [2.24, 2.45) is 0 Å². The van der Waals surface area contributed by atoms with Crippen molar-refractivity contribution in [1.82, 2.24) is 0 Å². The van der Waals surface area contributed by atoms with Gasteiger partial charge in [-0.1, -0.05) is 30.9 Å². The average Bonchev–Trinajstić information content (AvgIpc) is 2.75. The molecule has 0 aliphatic carbocycles. The molecule has 1 nitrogen and oxygen atoms in total. The zero-order valence-corrected chi connectivity index (χ0v) is 9.76. The zero-order valence-electron chi connectivity index (χ0n) is 8.94. The summed E-state index contributed by atoms with van der Waals surface area (Å²) < 4.78 is 0. The third-order valence-corrected chi connectivity index (χ3v) is 2.84. The summed E-state index contributed by atoms with van der Waals surface area (Å²) in [4.78, 5) is 1.09. The van der Waals surface area contributed by atoms with Gasteiger partial charge in [0.1, 0.15) is 0 Å². The minimum absolute atomic E-state index is 0.167. The molecule has 80 valence electrons. The lowest BCUT2D eigenvalue weighted by Crippen LogP contribution is -2.02. The van der Waals surface area contributed by atoms with Gasteiger partial charge in [-0.05, 0) is 36.8 Å². The van der Waals surface area contributed by atoms with Crippen LogP contribution >= 0.6 is 11.3 Å². The number of allylic oxidation sites excluding steroid dienone is 2. The number of hydrogen-bond acceptors (Lipinski definition) is 2. The Labute approximate surface area is 95.5 Å². The molecule has 0 amide bonds. The molecule has 0 aliphatic heterocycles. The van der Waals surface area contributed by atoms with Gasteiger partial charge in [-0.25, -0.2) is 0 Å². The molecule has 1 atom stereocenters. The first-order chi connectivity index (χ1) is 7.33. The molecule has 1 rings (SSSR count). The van der Waals surface area contributed by atoms with E-state index in [4.69, 9.17) is 0 Å². The summed E-state index contributed by atoms with van der Waals surface area (Å²) in [6, 6.07) is 4.00. The molecule has 1 aromatic rings. The van der Waals surface area contributed by atoms with Gasteiger partial charge < -0.3 is 5.11 Å². The Hall–Kier alpha value is -1.04. The Bertz CT molecular complexity index is 340. The van der Waals surface area contributed by atoms with E-state index in [1.807, 2.05) is 36.6 Å². The predicted octanol–water partition coefficient (Wildman–Crippen LogP) is 3.21. The van der Waals surface area contributed by atoms with Crippen LogP contribution in [0, 0.1) is 11.8 Å². The molecular formula is C13H16OS. The van der Waals surface area contributed by atoms with Crippen LogP contribution in [-0.4, -0.2) is 11.2 Å². The largest absolute Gasteiger partial charge is 0.393 e. The highest BCUT2D eigenvalue weighted by molar-refractivity contribution is 7.10. The normalized spacial score (nSPS) is 12.4. The Morgan fingerprint density at radius 2 is 2.47 bits per heavy atom. The van der Waals surface area contributed by atoms with Crippen LogP contribution in [0.5, 0.6) is 0 Å². The van der Waals surface area contributed by atoms with Crippen LogP contribution in [-0.2, 0) is 0 Å². The summed E-state index contributed by atoms with van der Waals surface area (Å²) in [7, 11) is 0. The van der Waals surface area contributed by atoms with Crippen molar-refractivity contribution in [3.05, 3.63) is 34.5 Å². The third kappa shape index (κ3) is 5.41. The molecule has 0 saturated carbocycles. The highest BCUT2D eigenvalue weighted by Crippen LogP contribution is 2.05. The van der Waals surface area contributed by atoms with Crippen LogP contribution in [0.2, 0.25) is 0 Å². The molecule has 0 unspecified atom stereocenters. The van der Waals surface area contributed by atoms with Crippen molar-refractivity contribution in [2.75, 3.05) is 0 Å². The summed E-state index contributed by atoms with van der Waals surface area (Å²) in [5, 5.41) is 11.3. The van der Waals surface area contributed by atoms with E-state index in [0.29, 0.717) is 0 Å². The second kappa shape index (κ2) is 7.28. The van der Waals surface area contributed by atoms with Crippen LogP contribution in [0.15, 0.2) is 29.7 Å². The van der Waals surface area contributed by atoms with Crippen LogP contribution in [0.4, 0.5) is 0 Å². The van der Waals surface area contributed by atoms with Crippen LogP contribution < -0.4 is 0 Å². The zero-order chi connectivity index (χ0) is 10.9. The Kier molecular flexibility index (Phi) is 5.84. The third-order valence-electron chi connectivity index (χ3n) is 2.06. The van der Waals surface area contributed by atoms with E-state index in [1.165, 1.54) is 0 Å². The number of aliphatic hydroxyl groups excluding tert-OH is 1. The highest BCUT2D eigenvalue weighted by Gasteiger charge is 1.96. The second-order valence-corrected chi connectivity index (χ2v) is 4.24. The van der Waals surface area contributed by atoms with Gasteiger partial charge in [-0.2, -0.15) is 0 Å². The highest BCUT2D eigenvalue weighted by atomic mass is 32.1. The number of rotatable bonds is 4. The molecule has 0 aromatic carbocycles. The van der Waals surface area contributed by atoms with Crippen LogP contribution in [0.25, 0.3) is 0 Å². The second-order valence-electron chi connectivity index (χ2n) is 3.29. The van der Waals surface area contributed by atoms with Crippen LogP contribution in [0.3, 0.4) is 0 Å². The fourth-order valence-corrected chi connectivity index (χ4v) is 1.68. The smallest absolute Gasteiger partial charge is 0.0771 e. The molecule has 2 heteroatoms. The molecule has 0 saturated heterocycles. The maximum Gasteiger partial charge on any atom is 0.0771 e. The van der Waals surface area contributed by atoms with E-state index in [9.17, 15) is 5.11 Å². The first-order valence-electron chi connectivity index (χ1n) is 5.21. The molecular weight excluding hydrogens is 204 g/mol. The fourth-order valence-electron chi connectivity index (χ4n) is 1.10. The molecule has 1 aromatic heterocycles. The summed E-state index contributed by atoms with van der Waals surface area (Å²) in [6.45, 7) is 1.99. The average molecular weight is 220 g/mol. The maximum atomic E-state index is 9.30. The van der Waals surface area contributed by atoms with Gasteiger partial charge in [-0.15, -0.1) is 11.3 Å².